The smallest absolute Gasteiger partial charge is 0.243 e. The van der Waals surface area contributed by atoms with Crippen molar-refractivity contribution in [1.82, 2.24) is 9.29 Å². The fraction of sp³-hybridized carbons (Fsp3) is 0.308. The molecule has 1 aliphatic heterocycles. The lowest BCUT2D eigenvalue weighted by molar-refractivity contribution is 0.477. The van der Waals surface area contributed by atoms with Gasteiger partial charge in [-0.2, -0.15) is 4.31 Å². The fourth-order valence-electron chi connectivity index (χ4n) is 2.62. The monoisotopic (exact) mass is 341 g/mol. The summed E-state index contributed by atoms with van der Waals surface area (Å²) in [7, 11) is -7.52. The predicted molar refractivity (Wildman–Crippen MR) is 82.0 cm³/mol. The van der Waals surface area contributed by atoms with Crippen LogP contribution in [0.5, 0.6) is 0 Å². The van der Waals surface area contributed by atoms with Gasteiger partial charge in [-0.05, 0) is 30.7 Å². The summed E-state index contributed by atoms with van der Waals surface area (Å²) in [4.78, 5) is 4.27. The number of hydrogen-bond donors (Lipinski definition) is 1. The summed E-state index contributed by atoms with van der Waals surface area (Å²) in [5.74, 6) is 0. The molecule has 1 aromatic carbocycles. The molecule has 1 fully saturated rings. The van der Waals surface area contributed by atoms with E-state index in [2.05, 4.69) is 4.98 Å². The molecule has 7 nitrogen and oxygen atoms in total. The third kappa shape index (κ3) is 2.60. The van der Waals surface area contributed by atoms with Crippen molar-refractivity contribution in [1.29, 1.82) is 0 Å². The van der Waals surface area contributed by atoms with Crippen LogP contribution >= 0.6 is 0 Å². The highest BCUT2D eigenvalue weighted by Crippen LogP contribution is 2.28. The molecule has 118 valence electrons. The Bertz CT molecular complexity index is 920. The minimum Gasteiger partial charge on any atom is -0.256 e. The quantitative estimate of drug-likeness (QED) is 0.862. The number of nitrogens with two attached hydrogens (primary N) is 1. The highest BCUT2D eigenvalue weighted by Gasteiger charge is 2.37. The van der Waals surface area contributed by atoms with Crippen molar-refractivity contribution in [3.63, 3.8) is 0 Å². The molecule has 0 amide bonds. The van der Waals surface area contributed by atoms with E-state index >= 15 is 0 Å². The van der Waals surface area contributed by atoms with Crippen LogP contribution in [0, 0.1) is 0 Å². The van der Waals surface area contributed by atoms with Crippen molar-refractivity contribution < 1.29 is 16.8 Å². The van der Waals surface area contributed by atoms with Crippen LogP contribution in [0.25, 0.3) is 10.9 Å². The number of benzene rings is 1. The van der Waals surface area contributed by atoms with Crippen molar-refractivity contribution in [2.45, 2.75) is 16.6 Å². The maximum absolute atomic E-state index is 12.8. The molecule has 1 atom stereocenters. The van der Waals surface area contributed by atoms with Crippen LogP contribution in [0.2, 0.25) is 0 Å². The van der Waals surface area contributed by atoms with Gasteiger partial charge in [0.15, 0.2) is 0 Å². The second kappa shape index (κ2) is 5.27. The van der Waals surface area contributed by atoms with E-state index in [1.807, 2.05) is 0 Å². The Balaban J connectivity index is 2.03. The minimum atomic E-state index is -3.79. The fourth-order valence-corrected chi connectivity index (χ4v) is 5.24. The van der Waals surface area contributed by atoms with Gasteiger partial charge in [0.2, 0.25) is 20.0 Å². The van der Waals surface area contributed by atoms with Crippen LogP contribution in [0.3, 0.4) is 0 Å². The third-order valence-electron chi connectivity index (χ3n) is 3.80. The molecule has 2 heterocycles. The molecule has 0 radical (unpaired) electrons. The average molecular weight is 341 g/mol. The summed E-state index contributed by atoms with van der Waals surface area (Å²) in [5.41, 5.74) is 0.575. The Kier molecular flexibility index (Phi) is 3.68. The van der Waals surface area contributed by atoms with Gasteiger partial charge in [0.05, 0.1) is 15.7 Å². The van der Waals surface area contributed by atoms with Crippen molar-refractivity contribution in [2.75, 3.05) is 13.1 Å². The lowest BCUT2D eigenvalue weighted by Crippen LogP contribution is -2.34. The Hall–Kier alpha value is -1.55. The second-order valence-electron chi connectivity index (χ2n) is 5.19. The van der Waals surface area contributed by atoms with Gasteiger partial charge in [-0.3, -0.25) is 4.98 Å². The summed E-state index contributed by atoms with van der Waals surface area (Å²) in [6, 6.07) is 8.20. The first-order valence-corrected chi connectivity index (χ1v) is 9.70. The van der Waals surface area contributed by atoms with Gasteiger partial charge < -0.3 is 0 Å². The average Bonchev–Trinajstić information content (AvgIpc) is 2.97. The normalized spacial score (nSPS) is 20.5. The van der Waals surface area contributed by atoms with Gasteiger partial charge in [-0.15, -0.1) is 0 Å². The molecule has 1 aromatic heterocycles. The second-order valence-corrected chi connectivity index (χ2v) is 8.94. The van der Waals surface area contributed by atoms with E-state index in [0.717, 1.165) is 0 Å². The highest BCUT2D eigenvalue weighted by atomic mass is 32.2. The number of pyridine rings is 1. The maximum Gasteiger partial charge on any atom is 0.243 e. The summed E-state index contributed by atoms with van der Waals surface area (Å²) >= 11 is 0. The van der Waals surface area contributed by atoms with Gasteiger partial charge in [0.25, 0.3) is 0 Å². The maximum atomic E-state index is 12.8. The van der Waals surface area contributed by atoms with E-state index in [1.54, 1.807) is 30.5 Å². The number of nitrogens with zero attached hydrogens (tertiary/aromatic N) is 2. The standard InChI is InChI=1S/C13H15N3O4S2/c14-21(17,18)10-6-8-16(9-10)22(19,20)13-5-1-4-12-11(13)3-2-7-15-12/h1-5,7,10H,6,8-9H2,(H2,14,17,18). The van der Waals surface area contributed by atoms with E-state index in [4.69, 9.17) is 5.14 Å². The molecule has 0 bridgehead atoms. The van der Waals surface area contributed by atoms with Gasteiger partial charge >= 0.3 is 0 Å². The van der Waals surface area contributed by atoms with E-state index < -0.39 is 25.3 Å². The molecular weight excluding hydrogens is 326 g/mol. The number of hydrogen-bond acceptors (Lipinski definition) is 5. The Morgan fingerprint density at radius 2 is 1.91 bits per heavy atom. The van der Waals surface area contributed by atoms with Crippen LogP contribution in [-0.4, -0.2) is 44.5 Å². The van der Waals surface area contributed by atoms with Gasteiger partial charge in [0.1, 0.15) is 0 Å². The molecule has 0 saturated carbocycles. The zero-order chi connectivity index (χ0) is 16.0. The van der Waals surface area contributed by atoms with E-state index in [1.165, 1.54) is 10.4 Å². The van der Waals surface area contributed by atoms with Crippen molar-refractivity contribution in [2.24, 2.45) is 5.14 Å². The first-order valence-electron chi connectivity index (χ1n) is 6.65. The molecule has 1 unspecified atom stereocenters. The number of aromatic nitrogens is 1. The highest BCUT2D eigenvalue weighted by molar-refractivity contribution is 7.90. The molecule has 0 spiro atoms. The van der Waals surface area contributed by atoms with E-state index in [0.29, 0.717) is 10.9 Å². The number of primary sulfonamides is 1. The Morgan fingerprint density at radius 1 is 1.14 bits per heavy atom. The first-order chi connectivity index (χ1) is 10.3. The Morgan fingerprint density at radius 3 is 2.59 bits per heavy atom. The van der Waals surface area contributed by atoms with Gasteiger partial charge in [-0.25, -0.2) is 22.0 Å². The minimum absolute atomic E-state index is 0.113. The molecule has 2 N–H and O–H groups in total. The molecule has 22 heavy (non-hydrogen) atoms. The number of sulfonamides is 2. The van der Waals surface area contributed by atoms with Crippen LogP contribution < -0.4 is 5.14 Å². The molecule has 0 aliphatic carbocycles. The number of rotatable bonds is 3. The van der Waals surface area contributed by atoms with Crippen LogP contribution in [0.15, 0.2) is 41.4 Å². The van der Waals surface area contributed by atoms with Crippen molar-refractivity contribution in [3.8, 4) is 0 Å². The van der Waals surface area contributed by atoms with E-state index in [9.17, 15) is 16.8 Å². The zero-order valence-corrected chi connectivity index (χ0v) is 13.2. The van der Waals surface area contributed by atoms with Gasteiger partial charge in [-0.1, -0.05) is 6.07 Å². The zero-order valence-electron chi connectivity index (χ0n) is 11.6. The lowest BCUT2D eigenvalue weighted by Gasteiger charge is -2.17. The first kappa shape index (κ1) is 15.3. The molecule has 1 aliphatic rings. The van der Waals surface area contributed by atoms with Crippen LogP contribution in [-0.2, 0) is 20.0 Å². The van der Waals surface area contributed by atoms with E-state index in [-0.39, 0.29) is 24.4 Å². The largest absolute Gasteiger partial charge is 0.256 e. The third-order valence-corrected chi connectivity index (χ3v) is 7.03. The van der Waals surface area contributed by atoms with Crippen molar-refractivity contribution >= 4 is 30.9 Å². The van der Waals surface area contributed by atoms with Crippen molar-refractivity contribution in [3.05, 3.63) is 36.5 Å². The molecule has 1 saturated heterocycles. The summed E-state index contributed by atoms with van der Waals surface area (Å²) in [5, 5.41) is 4.78. The summed E-state index contributed by atoms with van der Waals surface area (Å²) in [6.07, 6.45) is 1.80. The summed E-state index contributed by atoms with van der Waals surface area (Å²) in [6.45, 7) is 0.0257. The predicted octanol–water partition coefficient (Wildman–Crippen LogP) is 0.286. The molecule has 3 rings (SSSR count). The topological polar surface area (TPSA) is 110 Å². The molecular formula is C13H15N3O4S2. The van der Waals surface area contributed by atoms with Crippen LogP contribution in [0.4, 0.5) is 0 Å². The van der Waals surface area contributed by atoms with Crippen LogP contribution in [0.1, 0.15) is 6.42 Å². The van der Waals surface area contributed by atoms with Gasteiger partial charge in [0, 0.05) is 24.7 Å². The summed E-state index contributed by atoms with van der Waals surface area (Å²) < 4.78 is 49.5. The SMILES string of the molecule is NS(=O)(=O)C1CCN(S(=O)(=O)c2cccc3ncccc23)C1. The molecule has 2 aromatic rings. The number of fused-ring (bicyclic) bond motifs is 1. The molecule has 9 heteroatoms. The Labute approximate surface area is 128 Å². The lowest BCUT2D eigenvalue weighted by atomic mass is 10.2.